The zero-order valence-electron chi connectivity index (χ0n) is 17.1. The Labute approximate surface area is 203 Å². The lowest BCUT2D eigenvalue weighted by molar-refractivity contribution is -0.137. The normalized spacial score (nSPS) is 12.0. The first-order valence-electron chi connectivity index (χ1n) is 9.50. The molecule has 1 N–H and O–H groups in total. The number of benzene rings is 3. The van der Waals surface area contributed by atoms with Gasteiger partial charge in [-0.2, -0.15) is 18.3 Å². The minimum absolute atomic E-state index is 0.235. The molecule has 0 unspecified atom stereocenters. The monoisotopic (exact) mass is 529 g/mol. The van der Waals surface area contributed by atoms with Crippen LogP contribution in [0.25, 0.3) is 0 Å². The summed E-state index contributed by atoms with van der Waals surface area (Å²) in [7, 11) is -4.46. The van der Waals surface area contributed by atoms with Crippen molar-refractivity contribution in [3.8, 4) is 0 Å². The van der Waals surface area contributed by atoms with Crippen LogP contribution in [0.4, 0.5) is 18.9 Å². The van der Waals surface area contributed by atoms with Gasteiger partial charge in [-0.05, 0) is 48.0 Å². The fourth-order valence-corrected chi connectivity index (χ4v) is 4.64. The summed E-state index contributed by atoms with van der Waals surface area (Å²) >= 11 is 11.9. The summed E-state index contributed by atoms with van der Waals surface area (Å²) < 4.78 is 66.9. The van der Waals surface area contributed by atoms with Gasteiger partial charge < -0.3 is 0 Å². The number of amides is 1. The summed E-state index contributed by atoms with van der Waals surface area (Å²) in [6, 6.07) is 15.6. The van der Waals surface area contributed by atoms with Crippen molar-refractivity contribution < 1.29 is 26.4 Å². The molecule has 0 heterocycles. The summed E-state index contributed by atoms with van der Waals surface area (Å²) in [5.41, 5.74) is 1.13. The first-order valence-corrected chi connectivity index (χ1v) is 11.7. The van der Waals surface area contributed by atoms with Crippen LogP contribution in [0, 0.1) is 0 Å². The second-order valence-electron chi connectivity index (χ2n) is 6.83. The van der Waals surface area contributed by atoms with E-state index >= 15 is 0 Å². The molecule has 0 saturated heterocycles. The van der Waals surface area contributed by atoms with Gasteiger partial charge in [0.1, 0.15) is 6.54 Å². The Hall–Kier alpha value is -3.08. The van der Waals surface area contributed by atoms with Gasteiger partial charge in [0.25, 0.3) is 15.9 Å². The minimum Gasteiger partial charge on any atom is -0.271 e. The van der Waals surface area contributed by atoms with E-state index < -0.39 is 39.9 Å². The molecule has 0 aliphatic carbocycles. The Kier molecular flexibility index (Phi) is 7.86. The largest absolute Gasteiger partial charge is 0.416 e. The van der Waals surface area contributed by atoms with Crippen LogP contribution in [-0.4, -0.2) is 27.1 Å². The van der Waals surface area contributed by atoms with Crippen molar-refractivity contribution >= 4 is 51.0 Å². The lowest BCUT2D eigenvalue weighted by atomic mass is 10.2. The van der Waals surface area contributed by atoms with Crippen LogP contribution < -0.4 is 9.73 Å². The van der Waals surface area contributed by atoms with E-state index in [1.807, 2.05) is 0 Å². The molecule has 3 aromatic rings. The van der Waals surface area contributed by atoms with Gasteiger partial charge >= 0.3 is 6.18 Å². The molecule has 0 aliphatic rings. The second-order valence-corrected chi connectivity index (χ2v) is 9.54. The van der Waals surface area contributed by atoms with E-state index in [-0.39, 0.29) is 9.92 Å². The zero-order chi connectivity index (χ0) is 24.9. The second kappa shape index (κ2) is 10.5. The van der Waals surface area contributed by atoms with Gasteiger partial charge in [0, 0.05) is 5.02 Å². The number of carbonyl (C=O) groups excluding carboxylic acids is 1. The van der Waals surface area contributed by atoms with Crippen LogP contribution in [0.3, 0.4) is 0 Å². The number of anilines is 1. The maximum Gasteiger partial charge on any atom is 0.416 e. The maximum atomic E-state index is 13.3. The molecule has 12 heteroatoms. The first-order chi connectivity index (χ1) is 16.0. The molecule has 0 atom stereocenters. The van der Waals surface area contributed by atoms with Gasteiger partial charge in [-0.1, -0.05) is 53.5 Å². The average molecular weight is 530 g/mol. The van der Waals surface area contributed by atoms with E-state index in [0.717, 1.165) is 12.1 Å². The standard InChI is InChI=1S/C22H16Cl2F3N3O3S/c23-17-9-6-15(7-10-17)13-28-29-21(31)14-30(34(32,33)18-4-2-1-3-5-18)20-12-16(22(25,26)27)8-11-19(20)24/h1-13H,14H2,(H,29,31)/b28-13-. The molecule has 1 amide bonds. The summed E-state index contributed by atoms with van der Waals surface area (Å²) in [6.45, 7) is -0.879. The Morgan fingerprint density at radius 2 is 1.65 bits per heavy atom. The highest BCUT2D eigenvalue weighted by Gasteiger charge is 2.34. The molecular formula is C22H16Cl2F3N3O3S. The number of halogens is 5. The number of nitrogens with one attached hydrogen (secondary N) is 1. The van der Waals surface area contributed by atoms with E-state index in [2.05, 4.69) is 10.5 Å². The highest BCUT2D eigenvalue weighted by Crippen LogP contribution is 2.37. The number of carbonyl (C=O) groups is 1. The Bertz CT molecular complexity index is 1300. The lowest BCUT2D eigenvalue weighted by Gasteiger charge is -2.25. The van der Waals surface area contributed by atoms with E-state index in [1.54, 1.807) is 30.3 Å². The number of rotatable bonds is 7. The number of sulfonamides is 1. The number of nitrogens with zero attached hydrogens (tertiary/aromatic N) is 2. The number of hydrogen-bond acceptors (Lipinski definition) is 4. The molecule has 178 valence electrons. The molecule has 3 aromatic carbocycles. The van der Waals surface area contributed by atoms with Crippen molar-refractivity contribution in [3.63, 3.8) is 0 Å². The van der Waals surface area contributed by atoms with Gasteiger partial charge in [-0.3, -0.25) is 9.10 Å². The number of alkyl halides is 3. The molecular weight excluding hydrogens is 514 g/mol. The summed E-state index contributed by atoms with van der Waals surface area (Å²) in [6.07, 6.45) is -3.46. The van der Waals surface area contributed by atoms with Crippen molar-refractivity contribution in [2.24, 2.45) is 5.10 Å². The SMILES string of the molecule is O=C(CN(c1cc(C(F)(F)F)ccc1Cl)S(=O)(=O)c1ccccc1)N/N=C\c1ccc(Cl)cc1. The van der Waals surface area contributed by atoms with Crippen LogP contribution in [0.15, 0.2) is 82.8 Å². The maximum absolute atomic E-state index is 13.3. The van der Waals surface area contributed by atoms with Gasteiger partial charge in [0.05, 0.1) is 27.4 Å². The quantitative estimate of drug-likeness (QED) is 0.330. The highest BCUT2D eigenvalue weighted by atomic mass is 35.5. The van der Waals surface area contributed by atoms with E-state index in [0.29, 0.717) is 21.0 Å². The van der Waals surface area contributed by atoms with Crippen LogP contribution in [-0.2, 0) is 21.0 Å². The molecule has 0 saturated carbocycles. The third-order valence-corrected chi connectivity index (χ3v) is 6.78. The molecule has 0 bridgehead atoms. The van der Waals surface area contributed by atoms with E-state index in [4.69, 9.17) is 23.2 Å². The summed E-state index contributed by atoms with van der Waals surface area (Å²) in [5.74, 6) is -0.904. The van der Waals surface area contributed by atoms with Crippen molar-refractivity contribution in [2.45, 2.75) is 11.1 Å². The van der Waals surface area contributed by atoms with Gasteiger partial charge in [0.2, 0.25) is 0 Å². The molecule has 0 aromatic heterocycles. The van der Waals surface area contributed by atoms with Gasteiger partial charge in [-0.25, -0.2) is 13.8 Å². The average Bonchev–Trinajstić information content (AvgIpc) is 2.79. The molecule has 6 nitrogen and oxygen atoms in total. The minimum atomic E-state index is -4.76. The number of hydrogen-bond donors (Lipinski definition) is 1. The Morgan fingerprint density at radius 1 is 1.00 bits per heavy atom. The smallest absolute Gasteiger partial charge is 0.271 e. The summed E-state index contributed by atoms with van der Waals surface area (Å²) in [5, 5.41) is 3.96. The Morgan fingerprint density at radius 3 is 2.26 bits per heavy atom. The van der Waals surface area contributed by atoms with Crippen LogP contribution in [0.1, 0.15) is 11.1 Å². The predicted octanol–water partition coefficient (Wildman–Crippen LogP) is 5.36. The molecule has 0 spiro atoms. The van der Waals surface area contributed by atoms with Crippen LogP contribution in [0.5, 0.6) is 0 Å². The third-order valence-electron chi connectivity index (χ3n) is 4.43. The van der Waals surface area contributed by atoms with E-state index in [9.17, 15) is 26.4 Å². The van der Waals surface area contributed by atoms with E-state index in [1.165, 1.54) is 30.5 Å². The molecule has 0 radical (unpaired) electrons. The van der Waals surface area contributed by atoms with Crippen LogP contribution in [0.2, 0.25) is 10.0 Å². The molecule has 3 rings (SSSR count). The first kappa shape index (κ1) is 25.5. The van der Waals surface area contributed by atoms with Gasteiger partial charge in [0.15, 0.2) is 0 Å². The van der Waals surface area contributed by atoms with Crippen molar-refractivity contribution in [2.75, 3.05) is 10.8 Å². The Balaban J connectivity index is 1.94. The molecule has 34 heavy (non-hydrogen) atoms. The van der Waals surface area contributed by atoms with Crippen molar-refractivity contribution in [1.29, 1.82) is 0 Å². The zero-order valence-corrected chi connectivity index (χ0v) is 19.5. The molecule has 0 fully saturated rings. The van der Waals surface area contributed by atoms with Gasteiger partial charge in [-0.15, -0.1) is 0 Å². The fraction of sp³-hybridized carbons (Fsp3) is 0.0909. The third kappa shape index (κ3) is 6.28. The lowest BCUT2D eigenvalue weighted by Crippen LogP contribution is -2.40. The summed E-state index contributed by atoms with van der Waals surface area (Å²) in [4.78, 5) is 12.3. The topological polar surface area (TPSA) is 78.8 Å². The number of hydrazone groups is 1. The van der Waals surface area contributed by atoms with Crippen LogP contribution >= 0.6 is 23.2 Å². The molecule has 0 aliphatic heterocycles. The van der Waals surface area contributed by atoms with Crippen molar-refractivity contribution in [3.05, 3.63) is 94.0 Å². The van der Waals surface area contributed by atoms with Crippen molar-refractivity contribution in [1.82, 2.24) is 5.43 Å². The highest BCUT2D eigenvalue weighted by molar-refractivity contribution is 7.92. The predicted molar refractivity (Wildman–Crippen MR) is 125 cm³/mol. The fourth-order valence-electron chi connectivity index (χ4n) is 2.79.